The first-order valence-corrected chi connectivity index (χ1v) is 11.5. The number of ether oxygens (including phenoxy) is 2. The van der Waals surface area contributed by atoms with Crippen LogP contribution in [0.3, 0.4) is 0 Å². The van der Waals surface area contributed by atoms with Crippen molar-refractivity contribution in [1.29, 1.82) is 0 Å². The molecule has 0 aliphatic heterocycles. The van der Waals surface area contributed by atoms with E-state index in [2.05, 4.69) is 5.32 Å². The summed E-state index contributed by atoms with van der Waals surface area (Å²) in [5.74, 6) is -0.903. The van der Waals surface area contributed by atoms with E-state index in [1.54, 1.807) is 24.3 Å². The Balaban J connectivity index is 1.56. The zero-order valence-corrected chi connectivity index (χ0v) is 19.0. The molecule has 3 aromatic carbocycles. The lowest BCUT2D eigenvalue weighted by Crippen LogP contribution is -2.23. The predicted octanol–water partition coefficient (Wildman–Crippen LogP) is 3.31. The van der Waals surface area contributed by atoms with Crippen molar-refractivity contribution < 1.29 is 27.5 Å². The van der Waals surface area contributed by atoms with Gasteiger partial charge < -0.3 is 14.8 Å². The number of para-hydroxylation sites is 1. The first kappa shape index (κ1) is 24.0. The standard InChI is InChI=1S/C24H24N2O6S/c1-26(2)33(29,30)20-14-12-19(13-15-20)25-23(27)17-32-24(28)21-10-6-7-11-22(21)31-16-18-8-4-3-5-9-18/h3-15H,16-17H2,1-2H3,(H,25,27). The molecule has 3 aromatic rings. The minimum atomic E-state index is -3.56. The van der Waals surface area contributed by atoms with Gasteiger partial charge in [0.15, 0.2) is 6.61 Å². The number of esters is 1. The number of sulfonamides is 1. The van der Waals surface area contributed by atoms with E-state index >= 15 is 0 Å². The molecule has 0 spiro atoms. The van der Waals surface area contributed by atoms with Crippen molar-refractivity contribution in [1.82, 2.24) is 4.31 Å². The number of hydrogen-bond acceptors (Lipinski definition) is 6. The first-order chi connectivity index (χ1) is 15.8. The van der Waals surface area contributed by atoms with E-state index in [0.29, 0.717) is 11.4 Å². The van der Waals surface area contributed by atoms with Crippen LogP contribution >= 0.6 is 0 Å². The molecule has 0 saturated carbocycles. The highest BCUT2D eigenvalue weighted by Crippen LogP contribution is 2.21. The van der Waals surface area contributed by atoms with Crippen LogP contribution in [0.1, 0.15) is 15.9 Å². The van der Waals surface area contributed by atoms with E-state index < -0.39 is 28.5 Å². The average molecular weight is 469 g/mol. The summed E-state index contributed by atoms with van der Waals surface area (Å²) >= 11 is 0. The first-order valence-electron chi connectivity index (χ1n) is 10.0. The Labute approximate surface area is 192 Å². The van der Waals surface area contributed by atoms with Crippen LogP contribution in [0.2, 0.25) is 0 Å². The second-order valence-electron chi connectivity index (χ2n) is 7.21. The predicted molar refractivity (Wildman–Crippen MR) is 123 cm³/mol. The third-order valence-electron chi connectivity index (χ3n) is 4.60. The molecular weight excluding hydrogens is 444 g/mol. The maximum Gasteiger partial charge on any atom is 0.342 e. The normalized spacial score (nSPS) is 11.1. The van der Waals surface area contributed by atoms with Gasteiger partial charge in [-0.2, -0.15) is 0 Å². The van der Waals surface area contributed by atoms with E-state index in [-0.39, 0.29) is 17.1 Å². The Bertz CT molecular complexity index is 1210. The average Bonchev–Trinajstić information content (AvgIpc) is 2.82. The third-order valence-corrected chi connectivity index (χ3v) is 6.42. The van der Waals surface area contributed by atoms with Crippen molar-refractivity contribution >= 4 is 27.6 Å². The van der Waals surface area contributed by atoms with Crippen LogP contribution < -0.4 is 10.1 Å². The lowest BCUT2D eigenvalue weighted by atomic mass is 10.2. The molecule has 33 heavy (non-hydrogen) atoms. The van der Waals surface area contributed by atoms with Gasteiger partial charge in [0.2, 0.25) is 10.0 Å². The maximum atomic E-state index is 12.5. The number of hydrogen-bond donors (Lipinski definition) is 1. The molecule has 0 atom stereocenters. The summed E-state index contributed by atoms with van der Waals surface area (Å²) in [5, 5.41) is 2.56. The molecule has 0 saturated heterocycles. The van der Waals surface area contributed by atoms with Crippen LogP contribution in [-0.4, -0.2) is 45.3 Å². The van der Waals surface area contributed by atoms with Gasteiger partial charge >= 0.3 is 5.97 Å². The van der Waals surface area contributed by atoms with Gasteiger partial charge in [0.1, 0.15) is 17.9 Å². The van der Waals surface area contributed by atoms with Crippen molar-refractivity contribution in [2.45, 2.75) is 11.5 Å². The van der Waals surface area contributed by atoms with Crippen LogP contribution in [0, 0.1) is 0 Å². The van der Waals surface area contributed by atoms with Crippen LogP contribution in [0.15, 0.2) is 83.8 Å². The van der Waals surface area contributed by atoms with E-state index in [9.17, 15) is 18.0 Å². The molecule has 9 heteroatoms. The van der Waals surface area contributed by atoms with Crippen molar-refractivity contribution in [2.75, 3.05) is 26.0 Å². The third kappa shape index (κ3) is 6.41. The van der Waals surface area contributed by atoms with E-state index in [4.69, 9.17) is 9.47 Å². The van der Waals surface area contributed by atoms with Crippen LogP contribution in [0.4, 0.5) is 5.69 Å². The smallest absolute Gasteiger partial charge is 0.342 e. The highest BCUT2D eigenvalue weighted by Gasteiger charge is 2.18. The zero-order chi connectivity index (χ0) is 23.8. The zero-order valence-electron chi connectivity index (χ0n) is 18.2. The number of carbonyl (C=O) groups excluding carboxylic acids is 2. The van der Waals surface area contributed by atoms with Gasteiger partial charge in [-0.05, 0) is 42.0 Å². The summed E-state index contributed by atoms with van der Waals surface area (Å²) in [7, 11) is -0.692. The topological polar surface area (TPSA) is 102 Å². The Hall–Kier alpha value is -3.69. The maximum absolute atomic E-state index is 12.5. The number of nitrogens with zero attached hydrogens (tertiary/aromatic N) is 1. The molecule has 172 valence electrons. The minimum absolute atomic E-state index is 0.101. The van der Waals surface area contributed by atoms with Crippen LogP contribution in [-0.2, 0) is 26.2 Å². The van der Waals surface area contributed by atoms with Crippen molar-refractivity contribution in [3.63, 3.8) is 0 Å². The van der Waals surface area contributed by atoms with E-state index in [1.165, 1.54) is 38.4 Å². The summed E-state index contributed by atoms with van der Waals surface area (Å²) < 4.78 is 36.2. The lowest BCUT2D eigenvalue weighted by Gasteiger charge is -2.12. The van der Waals surface area contributed by atoms with Gasteiger partial charge in [0.05, 0.1) is 4.90 Å². The summed E-state index contributed by atoms with van der Waals surface area (Å²) in [6.45, 7) is -0.227. The van der Waals surface area contributed by atoms with Gasteiger partial charge in [-0.1, -0.05) is 42.5 Å². The molecule has 0 aromatic heterocycles. The SMILES string of the molecule is CN(C)S(=O)(=O)c1ccc(NC(=O)COC(=O)c2ccccc2OCc2ccccc2)cc1. The van der Waals surface area contributed by atoms with E-state index in [1.807, 2.05) is 30.3 Å². The highest BCUT2D eigenvalue weighted by atomic mass is 32.2. The fourth-order valence-electron chi connectivity index (χ4n) is 2.82. The fraction of sp³-hybridized carbons (Fsp3) is 0.167. The quantitative estimate of drug-likeness (QED) is 0.484. The molecule has 0 radical (unpaired) electrons. The lowest BCUT2D eigenvalue weighted by molar-refractivity contribution is -0.119. The Morgan fingerprint density at radius 1 is 0.879 bits per heavy atom. The molecular formula is C24H24N2O6S. The Kier molecular flexibility index (Phi) is 7.81. The Morgan fingerprint density at radius 3 is 2.18 bits per heavy atom. The largest absolute Gasteiger partial charge is 0.488 e. The number of benzene rings is 3. The van der Waals surface area contributed by atoms with Gasteiger partial charge in [0, 0.05) is 19.8 Å². The molecule has 0 aliphatic rings. The molecule has 0 fully saturated rings. The second-order valence-corrected chi connectivity index (χ2v) is 9.36. The fourth-order valence-corrected chi connectivity index (χ4v) is 3.73. The summed E-state index contributed by atoms with van der Waals surface area (Å²) in [5.41, 5.74) is 1.53. The summed E-state index contributed by atoms with van der Waals surface area (Å²) in [6.07, 6.45) is 0. The van der Waals surface area contributed by atoms with Gasteiger partial charge in [-0.15, -0.1) is 0 Å². The molecule has 1 amide bonds. The second kappa shape index (κ2) is 10.8. The van der Waals surface area contributed by atoms with Gasteiger partial charge in [-0.3, -0.25) is 4.79 Å². The molecule has 3 rings (SSSR count). The molecule has 1 N–H and O–H groups in total. The molecule has 0 unspecified atom stereocenters. The van der Waals surface area contributed by atoms with Gasteiger partial charge in [-0.25, -0.2) is 17.5 Å². The van der Waals surface area contributed by atoms with Crippen molar-refractivity contribution in [3.05, 3.63) is 90.0 Å². The summed E-state index contributed by atoms with van der Waals surface area (Å²) in [6, 6.07) is 21.8. The van der Waals surface area contributed by atoms with Crippen molar-refractivity contribution in [2.24, 2.45) is 0 Å². The van der Waals surface area contributed by atoms with E-state index in [0.717, 1.165) is 9.87 Å². The Morgan fingerprint density at radius 2 is 1.52 bits per heavy atom. The molecule has 8 nitrogen and oxygen atoms in total. The number of rotatable bonds is 9. The van der Waals surface area contributed by atoms with Gasteiger partial charge in [0.25, 0.3) is 5.91 Å². The van der Waals surface area contributed by atoms with Crippen LogP contribution in [0.25, 0.3) is 0 Å². The molecule has 0 heterocycles. The summed E-state index contributed by atoms with van der Waals surface area (Å²) in [4.78, 5) is 24.8. The number of nitrogens with one attached hydrogen (secondary N) is 1. The highest BCUT2D eigenvalue weighted by molar-refractivity contribution is 7.89. The number of amides is 1. The van der Waals surface area contributed by atoms with Crippen molar-refractivity contribution in [3.8, 4) is 5.75 Å². The molecule has 0 aliphatic carbocycles. The minimum Gasteiger partial charge on any atom is -0.488 e. The van der Waals surface area contributed by atoms with Crippen LogP contribution in [0.5, 0.6) is 5.75 Å². The number of carbonyl (C=O) groups is 2. The monoisotopic (exact) mass is 468 g/mol. The molecule has 0 bridgehead atoms. The number of anilines is 1.